The number of nitrogens with one attached hydrogen (secondary N) is 1. The maximum atomic E-state index is 11.8. The molecule has 0 aliphatic carbocycles. The summed E-state index contributed by atoms with van der Waals surface area (Å²) in [5.74, 6) is -0.936. The van der Waals surface area contributed by atoms with E-state index in [-0.39, 0.29) is 25.0 Å². The van der Waals surface area contributed by atoms with Crippen LogP contribution in [-0.4, -0.2) is 48.9 Å². The first-order chi connectivity index (χ1) is 12.0. The van der Waals surface area contributed by atoms with E-state index in [0.717, 1.165) is 24.8 Å². The van der Waals surface area contributed by atoms with Crippen molar-refractivity contribution < 1.29 is 19.1 Å². The molecule has 1 aromatic rings. The molecule has 0 atom stereocenters. The van der Waals surface area contributed by atoms with Gasteiger partial charge in [0, 0.05) is 24.5 Å². The molecule has 0 spiro atoms. The molecule has 0 radical (unpaired) electrons. The van der Waals surface area contributed by atoms with Crippen LogP contribution >= 0.6 is 11.6 Å². The highest BCUT2D eigenvalue weighted by atomic mass is 35.5. The molecular weight excluding hydrogens is 344 g/mol. The molecule has 1 N–H and O–H groups in total. The molecule has 1 fully saturated rings. The second-order valence-electron chi connectivity index (χ2n) is 6.01. The van der Waals surface area contributed by atoms with Crippen molar-refractivity contribution in [1.29, 1.82) is 0 Å². The van der Waals surface area contributed by atoms with Crippen LogP contribution in [0.25, 0.3) is 0 Å². The summed E-state index contributed by atoms with van der Waals surface area (Å²) >= 11 is 5.81. The second kappa shape index (κ2) is 10.0. The maximum absolute atomic E-state index is 11.8. The highest BCUT2D eigenvalue weighted by molar-refractivity contribution is 6.30. The molecule has 136 valence electrons. The van der Waals surface area contributed by atoms with Crippen molar-refractivity contribution in [2.24, 2.45) is 0 Å². The molecule has 0 unspecified atom stereocenters. The number of likely N-dealkylation sites (tertiary alicyclic amines) is 1. The Morgan fingerprint density at radius 2 is 1.92 bits per heavy atom. The number of carbonyl (C=O) groups is 3. The summed E-state index contributed by atoms with van der Waals surface area (Å²) < 4.78 is 4.95. The Morgan fingerprint density at radius 1 is 1.16 bits per heavy atom. The fourth-order valence-corrected chi connectivity index (χ4v) is 2.73. The number of hydrogen-bond acceptors (Lipinski definition) is 4. The summed E-state index contributed by atoms with van der Waals surface area (Å²) in [4.78, 5) is 36.8. The molecule has 25 heavy (non-hydrogen) atoms. The van der Waals surface area contributed by atoms with Crippen molar-refractivity contribution in [3.05, 3.63) is 34.9 Å². The van der Waals surface area contributed by atoms with Crippen LogP contribution in [0, 0.1) is 0 Å². The summed E-state index contributed by atoms with van der Waals surface area (Å²) in [6, 6.07) is 7.38. The van der Waals surface area contributed by atoms with Gasteiger partial charge in [-0.25, -0.2) is 0 Å². The predicted octanol–water partition coefficient (Wildman–Crippen LogP) is 1.94. The lowest BCUT2D eigenvalue weighted by atomic mass is 10.1. The van der Waals surface area contributed by atoms with Gasteiger partial charge >= 0.3 is 5.97 Å². The van der Waals surface area contributed by atoms with E-state index in [1.54, 1.807) is 12.1 Å². The fraction of sp³-hybridized carbons (Fsp3) is 0.500. The van der Waals surface area contributed by atoms with Gasteiger partial charge in [0.25, 0.3) is 5.91 Å². The summed E-state index contributed by atoms with van der Waals surface area (Å²) in [5, 5.41) is 3.36. The Labute approximate surface area is 152 Å². The molecule has 7 heteroatoms. The number of esters is 1. The standard InChI is InChI=1S/C18H23ClN2O4/c19-15-7-5-14(6-8-15)9-10-20-16(22)13-25-18(24)12-21-11-3-1-2-4-17(21)23/h5-8H,1-4,9-13H2,(H,20,22). The van der Waals surface area contributed by atoms with Gasteiger partial charge in [-0.3, -0.25) is 14.4 Å². The molecule has 1 heterocycles. The molecule has 1 saturated heterocycles. The number of carbonyl (C=O) groups excluding carboxylic acids is 3. The minimum absolute atomic E-state index is 0.0260. The quantitative estimate of drug-likeness (QED) is 0.748. The summed E-state index contributed by atoms with van der Waals surface area (Å²) in [5.41, 5.74) is 1.06. The summed E-state index contributed by atoms with van der Waals surface area (Å²) in [6.07, 6.45) is 3.88. The fourth-order valence-electron chi connectivity index (χ4n) is 2.60. The molecule has 2 amide bonds. The van der Waals surface area contributed by atoms with Gasteiger partial charge in [-0.05, 0) is 37.0 Å². The first-order valence-electron chi connectivity index (χ1n) is 8.49. The van der Waals surface area contributed by atoms with E-state index in [1.807, 2.05) is 12.1 Å². The molecular formula is C18H23ClN2O4. The Hall–Kier alpha value is -2.08. The van der Waals surface area contributed by atoms with Crippen molar-refractivity contribution >= 4 is 29.4 Å². The van der Waals surface area contributed by atoms with E-state index >= 15 is 0 Å². The number of benzene rings is 1. The van der Waals surface area contributed by atoms with Crippen molar-refractivity contribution in [3.63, 3.8) is 0 Å². The Kier molecular flexibility index (Phi) is 7.73. The van der Waals surface area contributed by atoms with Gasteiger partial charge in [-0.15, -0.1) is 0 Å². The number of halogens is 1. The topological polar surface area (TPSA) is 75.7 Å². The lowest BCUT2D eigenvalue weighted by Gasteiger charge is -2.19. The van der Waals surface area contributed by atoms with E-state index in [4.69, 9.17) is 16.3 Å². The van der Waals surface area contributed by atoms with Crippen LogP contribution < -0.4 is 5.32 Å². The van der Waals surface area contributed by atoms with Crippen LogP contribution in [0.3, 0.4) is 0 Å². The number of hydrogen-bond donors (Lipinski definition) is 1. The zero-order valence-electron chi connectivity index (χ0n) is 14.1. The van der Waals surface area contributed by atoms with Crippen molar-refractivity contribution in [2.75, 3.05) is 26.2 Å². The summed E-state index contributed by atoms with van der Waals surface area (Å²) in [7, 11) is 0. The lowest BCUT2D eigenvalue weighted by Crippen LogP contribution is -2.37. The minimum atomic E-state index is -0.553. The van der Waals surface area contributed by atoms with E-state index in [9.17, 15) is 14.4 Å². The van der Waals surface area contributed by atoms with Crippen LogP contribution in [0.5, 0.6) is 0 Å². The van der Waals surface area contributed by atoms with Crippen LogP contribution in [0.4, 0.5) is 0 Å². The highest BCUT2D eigenvalue weighted by Gasteiger charge is 2.20. The first-order valence-corrected chi connectivity index (χ1v) is 8.87. The SMILES string of the molecule is O=C(COC(=O)CN1CCCCCC1=O)NCCc1ccc(Cl)cc1. The smallest absolute Gasteiger partial charge is 0.326 e. The highest BCUT2D eigenvalue weighted by Crippen LogP contribution is 2.11. The molecule has 0 bridgehead atoms. The average molecular weight is 367 g/mol. The van der Waals surface area contributed by atoms with E-state index < -0.39 is 5.97 Å². The maximum Gasteiger partial charge on any atom is 0.326 e. The monoisotopic (exact) mass is 366 g/mol. The van der Waals surface area contributed by atoms with E-state index in [0.29, 0.717) is 31.0 Å². The van der Waals surface area contributed by atoms with Gasteiger partial charge in [0.1, 0.15) is 6.54 Å². The van der Waals surface area contributed by atoms with Gasteiger partial charge in [-0.2, -0.15) is 0 Å². The van der Waals surface area contributed by atoms with Crippen LogP contribution in [0.2, 0.25) is 5.02 Å². The Bertz CT molecular complexity index is 604. The third kappa shape index (κ3) is 7.13. The van der Waals surface area contributed by atoms with Gasteiger partial charge < -0.3 is 15.0 Å². The molecule has 1 aromatic carbocycles. The molecule has 1 aliphatic heterocycles. The predicted molar refractivity (Wildman–Crippen MR) is 94.2 cm³/mol. The Morgan fingerprint density at radius 3 is 2.68 bits per heavy atom. The van der Waals surface area contributed by atoms with Crippen LogP contribution in [0.15, 0.2) is 24.3 Å². The molecule has 0 aromatic heterocycles. The van der Waals surface area contributed by atoms with Crippen LogP contribution in [0.1, 0.15) is 31.2 Å². The van der Waals surface area contributed by atoms with Crippen molar-refractivity contribution in [3.8, 4) is 0 Å². The van der Waals surface area contributed by atoms with Gasteiger partial charge in [0.05, 0.1) is 0 Å². The van der Waals surface area contributed by atoms with E-state index in [2.05, 4.69) is 5.32 Å². The van der Waals surface area contributed by atoms with Gasteiger partial charge in [0.2, 0.25) is 5.91 Å². The average Bonchev–Trinajstić information content (AvgIpc) is 2.79. The van der Waals surface area contributed by atoms with Crippen molar-refractivity contribution in [2.45, 2.75) is 32.1 Å². The number of nitrogens with zero attached hydrogens (tertiary/aromatic N) is 1. The second-order valence-corrected chi connectivity index (χ2v) is 6.45. The molecule has 2 rings (SSSR count). The molecule has 1 aliphatic rings. The molecule has 6 nitrogen and oxygen atoms in total. The third-order valence-electron chi connectivity index (χ3n) is 4.00. The number of amides is 2. The van der Waals surface area contributed by atoms with Gasteiger partial charge in [-0.1, -0.05) is 30.2 Å². The summed E-state index contributed by atoms with van der Waals surface area (Å²) in [6.45, 7) is 0.599. The number of ether oxygens (including phenoxy) is 1. The van der Waals surface area contributed by atoms with Crippen molar-refractivity contribution in [1.82, 2.24) is 10.2 Å². The third-order valence-corrected chi connectivity index (χ3v) is 4.26. The molecule has 0 saturated carbocycles. The normalized spacial score (nSPS) is 14.8. The minimum Gasteiger partial charge on any atom is -0.454 e. The first kappa shape index (κ1) is 19.2. The zero-order valence-corrected chi connectivity index (χ0v) is 14.9. The van der Waals surface area contributed by atoms with Gasteiger partial charge in [0.15, 0.2) is 6.61 Å². The zero-order chi connectivity index (χ0) is 18.1. The van der Waals surface area contributed by atoms with Crippen LogP contribution in [-0.2, 0) is 25.5 Å². The Balaban J connectivity index is 1.62. The number of rotatable bonds is 7. The van der Waals surface area contributed by atoms with E-state index in [1.165, 1.54) is 4.90 Å². The largest absolute Gasteiger partial charge is 0.454 e. The lowest BCUT2D eigenvalue weighted by molar-refractivity contribution is -0.152.